The monoisotopic (exact) mass is 564 g/mol. The van der Waals surface area contributed by atoms with Gasteiger partial charge in [0.1, 0.15) is 18.1 Å². The predicted octanol–water partition coefficient (Wildman–Crippen LogP) is 4.56. The van der Waals surface area contributed by atoms with E-state index < -0.39 is 27.3 Å². The van der Waals surface area contributed by atoms with Crippen LogP contribution in [-0.2, 0) is 33.4 Å². The number of sulfonamides is 1. The normalized spacial score (nSPS) is 23.6. The predicted molar refractivity (Wildman–Crippen MR) is 148 cm³/mol. The number of ether oxygens (including phenoxy) is 1. The molecule has 38 heavy (non-hydrogen) atoms. The number of carboxylic acids is 1. The number of hydrogen-bond acceptors (Lipinski definition) is 6. The van der Waals surface area contributed by atoms with Crippen LogP contribution in [0.15, 0.2) is 36.4 Å². The van der Waals surface area contributed by atoms with Gasteiger partial charge in [-0.3, -0.25) is 0 Å². The molecule has 8 nitrogen and oxygen atoms in total. The van der Waals surface area contributed by atoms with Crippen molar-refractivity contribution in [1.82, 2.24) is 4.31 Å². The maximum Gasteiger partial charge on any atom is 0.341 e. The number of rotatable bonds is 1. The van der Waals surface area contributed by atoms with Gasteiger partial charge in [0.15, 0.2) is 0 Å². The van der Waals surface area contributed by atoms with Gasteiger partial charge < -0.3 is 19.8 Å². The third kappa shape index (κ3) is 6.62. The maximum absolute atomic E-state index is 13.1. The lowest BCUT2D eigenvalue weighted by molar-refractivity contribution is -0.157. The Bertz CT molecular complexity index is 1250. The summed E-state index contributed by atoms with van der Waals surface area (Å²) in [6.07, 6.45) is 7.22. The van der Waals surface area contributed by atoms with E-state index >= 15 is 0 Å². The molecule has 0 spiro atoms. The molecule has 0 saturated carbocycles. The Hall–Kier alpha value is -2.33. The molecule has 1 atom stereocenters. The minimum absolute atomic E-state index is 0.0197. The molecule has 208 valence electrons. The van der Waals surface area contributed by atoms with Crippen LogP contribution in [0.25, 0.3) is 0 Å². The summed E-state index contributed by atoms with van der Waals surface area (Å²) in [4.78, 5) is 14.6. The molecule has 2 aromatic carbocycles. The van der Waals surface area contributed by atoms with Crippen LogP contribution in [0.1, 0.15) is 61.6 Å². The summed E-state index contributed by atoms with van der Waals surface area (Å²) in [5.74, 6) is -1.98. The van der Waals surface area contributed by atoms with E-state index in [1.165, 1.54) is 13.1 Å². The van der Waals surface area contributed by atoms with Crippen LogP contribution in [0.2, 0.25) is 5.02 Å². The average molecular weight is 565 g/mol. The summed E-state index contributed by atoms with van der Waals surface area (Å²) in [5, 5.41) is 22.1. The Morgan fingerprint density at radius 1 is 0.947 bits per heavy atom. The number of hydrogen-bond donors (Lipinski definition) is 2. The Morgan fingerprint density at radius 3 is 2.37 bits per heavy atom. The highest BCUT2D eigenvalue weighted by Crippen LogP contribution is 2.37. The van der Waals surface area contributed by atoms with Gasteiger partial charge in [0, 0.05) is 31.7 Å². The van der Waals surface area contributed by atoms with E-state index in [0.717, 1.165) is 73.5 Å². The van der Waals surface area contributed by atoms with Gasteiger partial charge in [0.25, 0.3) is 0 Å². The number of carbonyl (C=O) groups is 1. The quantitative estimate of drug-likeness (QED) is 0.523. The molecule has 0 fully saturated rings. The molecule has 2 aliphatic heterocycles. The van der Waals surface area contributed by atoms with Gasteiger partial charge in [-0.15, -0.1) is 0 Å². The zero-order valence-corrected chi connectivity index (χ0v) is 23.4. The summed E-state index contributed by atoms with van der Waals surface area (Å²) in [6, 6.07) is 10.5. The maximum atomic E-state index is 13.1. The fraction of sp³-hybridized carbons (Fsp3) is 0.536. The van der Waals surface area contributed by atoms with E-state index in [-0.39, 0.29) is 12.1 Å². The van der Waals surface area contributed by atoms with E-state index in [4.69, 9.17) is 16.3 Å². The minimum Gasteiger partial charge on any atom is -0.487 e. The summed E-state index contributed by atoms with van der Waals surface area (Å²) >= 11 is 6.25. The first-order valence-corrected chi connectivity index (χ1v) is 15.3. The van der Waals surface area contributed by atoms with Gasteiger partial charge in [-0.1, -0.05) is 43.0 Å². The zero-order chi connectivity index (χ0) is 27.3. The van der Waals surface area contributed by atoms with Crippen LogP contribution in [0, 0.1) is 0 Å². The van der Waals surface area contributed by atoms with E-state index in [1.54, 1.807) is 12.1 Å². The van der Waals surface area contributed by atoms with Gasteiger partial charge in [-0.25, -0.2) is 17.5 Å². The highest BCUT2D eigenvalue weighted by Gasteiger charge is 2.44. The second-order valence-electron chi connectivity index (χ2n) is 10.3. The van der Waals surface area contributed by atoms with E-state index in [0.29, 0.717) is 29.5 Å². The van der Waals surface area contributed by atoms with Gasteiger partial charge >= 0.3 is 5.97 Å². The van der Waals surface area contributed by atoms with Crippen LogP contribution >= 0.6 is 11.6 Å². The van der Waals surface area contributed by atoms with Crippen molar-refractivity contribution in [2.24, 2.45) is 0 Å². The van der Waals surface area contributed by atoms with Crippen LogP contribution < -0.4 is 9.64 Å². The summed E-state index contributed by atoms with van der Waals surface area (Å²) in [7, 11) is -2.60. The topological polar surface area (TPSA) is 107 Å². The van der Waals surface area contributed by atoms with Crippen molar-refractivity contribution in [1.29, 1.82) is 0 Å². The third-order valence-electron chi connectivity index (χ3n) is 7.57. The first-order valence-electron chi connectivity index (χ1n) is 13.3. The van der Waals surface area contributed by atoms with E-state index in [9.17, 15) is 23.4 Å². The number of fused-ring (bicyclic) bond motifs is 2. The summed E-state index contributed by atoms with van der Waals surface area (Å²) < 4.78 is 33.6. The van der Waals surface area contributed by atoms with Crippen LogP contribution in [0.5, 0.6) is 5.75 Å². The molecule has 2 N–H and O–H groups in total. The lowest BCUT2D eigenvalue weighted by Gasteiger charge is -2.30. The number of aliphatic carboxylic acids is 1. The van der Waals surface area contributed by atoms with Crippen LogP contribution in [-0.4, -0.2) is 61.3 Å². The van der Waals surface area contributed by atoms with Crippen molar-refractivity contribution in [3.8, 4) is 5.75 Å². The van der Waals surface area contributed by atoms with Crippen LogP contribution in [0.4, 0.5) is 5.69 Å². The molecule has 0 aliphatic carbocycles. The van der Waals surface area contributed by atoms with Gasteiger partial charge in [-0.05, 0) is 73.1 Å². The van der Waals surface area contributed by atoms with Crippen molar-refractivity contribution in [2.75, 3.05) is 37.3 Å². The van der Waals surface area contributed by atoms with Crippen molar-refractivity contribution in [3.05, 3.63) is 58.1 Å². The molecule has 4 rings (SSSR count). The molecule has 2 aromatic rings. The SMILES string of the molecule is CN1CCCCCCCN2CCCCc3cc(Cl)ccc3COc3ccc(cc32)[C@](O)(C(=O)O)CS1(=O)=O. The van der Waals surface area contributed by atoms with Gasteiger partial charge in [0.05, 0.1) is 5.69 Å². The molecule has 0 amide bonds. The molecule has 0 unspecified atom stereocenters. The van der Waals surface area contributed by atoms with Gasteiger partial charge in [0.2, 0.25) is 15.6 Å². The highest BCUT2D eigenvalue weighted by molar-refractivity contribution is 7.89. The van der Waals surface area contributed by atoms with Gasteiger partial charge in [-0.2, -0.15) is 0 Å². The first-order chi connectivity index (χ1) is 18.1. The van der Waals surface area contributed by atoms with E-state index in [2.05, 4.69) is 4.90 Å². The summed E-state index contributed by atoms with van der Waals surface area (Å²) in [5.41, 5.74) is 0.260. The molecular formula is C28H37ClN2O6S. The fourth-order valence-electron chi connectivity index (χ4n) is 5.19. The van der Waals surface area contributed by atoms with E-state index in [1.807, 2.05) is 18.2 Å². The number of benzene rings is 2. The number of anilines is 1. The summed E-state index contributed by atoms with van der Waals surface area (Å²) in [6.45, 7) is 2.08. The molecule has 10 heteroatoms. The zero-order valence-electron chi connectivity index (χ0n) is 21.9. The molecule has 0 radical (unpaired) electrons. The highest BCUT2D eigenvalue weighted by atomic mass is 35.5. The smallest absolute Gasteiger partial charge is 0.341 e. The Balaban J connectivity index is 1.79. The standard InChI is InChI=1S/C28H37ClN2O6S/c1-30-14-6-3-2-4-7-15-31-16-8-5-9-21-17-24(29)12-10-22(21)19-37-26-13-11-23(18-25(26)31)28(34,27(32)33)20-38(30,35)36/h10-13,17-18,34H,2-9,14-16,19-20H2,1H3,(H,32,33)/t28-/m0/s1. The molecular weight excluding hydrogens is 528 g/mol. The lowest BCUT2D eigenvalue weighted by Crippen LogP contribution is -2.46. The molecule has 2 aliphatic rings. The molecule has 2 bridgehead atoms. The van der Waals surface area contributed by atoms with Crippen molar-refractivity contribution < 1.29 is 28.2 Å². The van der Waals surface area contributed by atoms with Crippen molar-refractivity contribution in [2.45, 2.75) is 63.6 Å². The van der Waals surface area contributed by atoms with Crippen molar-refractivity contribution in [3.63, 3.8) is 0 Å². The minimum atomic E-state index is -4.04. The first kappa shape index (κ1) is 28.7. The Kier molecular flexibility index (Phi) is 9.23. The number of carboxylic acid groups (broad SMARTS) is 1. The number of aliphatic hydroxyl groups is 1. The third-order valence-corrected chi connectivity index (χ3v) is 9.72. The number of halogens is 1. The second-order valence-corrected chi connectivity index (χ2v) is 12.9. The van der Waals surface area contributed by atoms with Crippen LogP contribution in [0.3, 0.4) is 0 Å². The molecule has 0 aromatic heterocycles. The lowest BCUT2D eigenvalue weighted by atomic mass is 9.95. The average Bonchev–Trinajstić information content (AvgIpc) is 2.90. The molecule has 2 heterocycles. The van der Waals surface area contributed by atoms with Crippen molar-refractivity contribution >= 4 is 33.3 Å². The Labute approximate surface area is 230 Å². The fourth-order valence-corrected chi connectivity index (χ4v) is 6.83. The number of aryl methyl sites for hydroxylation is 1. The number of nitrogens with zero attached hydrogens (tertiary/aromatic N) is 2. The molecule has 0 saturated heterocycles. The second kappa shape index (κ2) is 12.2. The Morgan fingerprint density at radius 2 is 1.63 bits per heavy atom. The largest absolute Gasteiger partial charge is 0.487 e.